The summed E-state index contributed by atoms with van der Waals surface area (Å²) in [5.41, 5.74) is 5.34. The average molecular weight is 789 g/mol. The monoisotopic (exact) mass is 788 g/mol. The van der Waals surface area contributed by atoms with Crippen LogP contribution in [0.2, 0.25) is 0 Å². The number of nitrogens with zero attached hydrogens (tertiary/aromatic N) is 4. The number of nitrogens with one attached hydrogen (secondary N) is 4. The maximum absolute atomic E-state index is 13.9. The third-order valence-corrected chi connectivity index (χ3v) is 11.7. The maximum Gasteiger partial charge on any atom is 0.407 e. The van der Waals surface area contributed by atoms with E-state index in [1.54, 1.807) is 11.1 Å². The van der Waals surface area contributed by atoms with Crippen LogP contribution < -0.4 is 10.6 Å². The number of benzene rings is 2. The number of likely N-dealkylation sites (tertiary alicyclic amines) is 2. The molecule has 2 bridgehead atoms. The minimum Gasteiger partial charge on any atom is -0.453 e. The van der Waals surface area contributed by atoms with Crippen LogP contribution in [0.25, 0.3) is 22.5 Å². The Bertz CT molecular complexity index is 2180. The predicted molar refractivity (Wildman–Crippen MR) is 217 cm³/mol. The van der Waals surface area contributed by atoms with Gasteiger partial charge in [0.2, 0.25) is 11.8 Å². The molecule has 2 saturated heterocycles. The number of fused-ring (bicyclic) bond motifs is 2. The van der Waals surface area contributed by atoms with Crippen LogP contribution in [0.5, 0.6) is 0 Å². The van der Waals surface area contributed by atoms with Gasteiger partial charge in [-0.2, -0.15) is 0 Å². The van der Waals surface area contributed by atoms with Crippen molar-refractivity contribution in [2.24, 2.45) is 17.8 Å². The van der Waals surface area contributed by atoms with Crippen LogP contribution in [0.15, 0.2) is 60.9 Å². The van der Waals surface area contributed by atoms with Crippen molar-refractivity contribution in [3.8, 4) is 34.4 Å². The van der Waals surface area contributed by atoms with E-state index in [9.17, 15) is 19.2 Å². The number of aromatic nitrogens is 4. The van der Waals surface area contributed by atoms with Crippen molar-refractivity contribution < 1.29 is 28.7 Å². The molecule has 3 aliphatic rings. The third kappa shape index (κ3) is 8.30. The van der Waals surface area contributed by atoms with E-state index in [0.717, 1.165) is 71.6 Å². The number of methoxy groups -OCH3 is 2. The van der Waals surface area contributed by atoms with Gasteiger partial charge in [-0.05, 0) is 85.3 Å². The van der Waals surface area contributed by atoms with E-state index >= 15 is 0 Å². The molecule has 58 heavy (non-hydrogen) atoms. The quantitative estimate of drug-likeness (QED) is 0.135. The van der Waals surface area contributed by atoms with Crippen LogP contribution >= 0.6 is 0 Å². The van der Waals surface area contributed by atoms with Crippen LogP contribution in [0.4, 0.5) is 9.59 Å². The first-order valence-corrected chi connectivity index (χ1v) is 20.1. The summed E-state index contributed by atoms with van der Waals surface area (Å²) in [6.07, 6.45) is 6.90. The number of ether oxygens (including phenoxy) is 2. The smallest absolute Gasteiger partial charge is 0.407 e. The Balaban J connectivity index is 0.990. The molecule has 14 heteroatoms. The third-order valence-electron chi connectivity index (χ3n) is 11.7. The van der Waals surface area contributed by atoms with E-state index in [4.69, 9.17) is 14.5 Å². The second kappa shape index (κ2) is 17.2. The molecule has 1 saturated carbocycles. The number of piperidine rings is 1. The van der Waals surface area contributed by atoms with E-state index in [-0.39, 0.29) is 41.8 Å². The summed E-state index contributed by atoms with van der Waals surface area (Å²) >= 11 is 0. The summed E-state index contributed by atoms with van der Waals surface area (Å²) in [4.78, 5) is 71.5. The Hall–Kier alpha value is -6.10. The van der Waals surface area contributed by atoms with E-state index in [1.807, 2.05) is 87.3 Å². The van der Waals surface area contributed by atoms with Gasteiger partial charge in [-0.25, -0.2) is 19.6 Å². The van der Waals surface area contributed by atoms with Gasteiger partial charge in [0.15, 0.2) is 0 Å². The van der Waals surface area contributed by atoms with Gasteiger partial charge < -0.3 is 39.9 Å². The van der Waals surface area contributed by atoms with Crippen molar-refractivity contribution >= 4 is 24.0 Å². The molecule has 4 N–H and O–H groups in total. The molecule has 0 spiro atoms. The second-order valence-corrected chi connectivity index (χ2v) is 16.1. The summed E-state index contributed by atoms with van der Waals surface area (Å²) in [6.45, 7) is 8.23. The molecule has 4 amide bonds. The number of alkyl carbamates (subject to hydrolysis) is 2. The molecular weight excluding hydrogens is 737 g/mol. The highest BCUT2D eigenvalue weighted by Gasteiger charge is 2.51. The first kappa shape index (κ1) is 40.1. The SMILES string of the molecule is COC(=O)N[C@H](C(=O)N1CCC[C@H]1c1ncc(-c2ccc(C#Cc3ccc(-c4cnc([C@@H]5[C@H]6CC[C@H](C6)N5C(=O)[C@@H](NC(=O)OC)C(C)C)[nH]4)cc3)cc2)[nH]1)C(C)C. The van der Waals surface area contributed by atoms with Crippen LogP contribution in [-0.4, -0.2) is 92.6 Å². The van der Waals surface area contributed by atoms with E-state index in [2.05, 4.69) is 37.4 Å². The summed E-state index contributed by atoms with van der Waals surface area (Å²) in [5, 5.41) is 5.44. The fraction of sp³-hybridized carbons (Fsp3) is 0.455. The summed E-state index contributed by atoms with van der Waals surface area (Å²) in [7, 11) is 2.59. The van der Waals surface area contributed by atoms with Crippen molar-refractivity contribution in [1.82, 2.24) is 40.4 Å². The molecule has 2 aromatic carbocycles. The van der Waals surface area contributed by atoms with Gasteiger partial charge in [-0.3, -0.25) is 9.59 Å². The Labute approximate surface area is 338 Å². The van der Waals surface area contributed by atoms with Crippen LogP contribution in [0, 0.1) is 29.6 Å². The van der Waals surface area contributed by atoms with Crippen molar-refractivity contribution in [2.45, 2.75) is 90.0 Å². The molecule has 7 rings (SSSR count). The van der Waals surface area contributed by atoms with E-state index in [0.29, 0.717) is 18.3 Å². The number of carbonyl (C=O) groups is 4. The number of amides is 4. The highest BCUT2D eigenvalue weighted by molar-refractivity contribution is 5.87. The van der Waals surface area contributed by atoms with E-state index < -0.39 is 24.3 Å². The molecular formula is C44H52N8O6. The Morgan fingerprint density at radius 2 is 1.24 bits per heavy atom. The average Bonchev–Trinajstić information content (AvgIpc) is 4.09. The molecule has 0 radical (unpaired) electrons. The topological polar surface area (TPSA) is 175 Å². The minimum atomic E-state index is -0.690. The largest absolute Gasteiger partial charge is 0.453 e. The number of H-pyrrole nitrogens is 2. The molecule has 4 heterocycles. The molecule has 0 unspecified atom stereocenters. The van der Waals surface area contributed by atoms with Gasteiger partial charge in [-0.1, -0.05) is 63.8 Å². The zero-order chi connectivity index (χ0) is 41.1. The first-order chi connectivity index (χ1) is 27.9. The van der Waals surface area contributed by atoms with Gasteiger partial charge >= 0.3 is 12.2 Å². The van der Waals surface area contributed by atoms with Gasteiger partial charge in [0, 0.05) is 23.7 Å². The minimum absolute atomic E-state index is 0.0996. The highest BCUT2D eigenvalue weighted by Crippen LogP contribution is 2.50. The van der Waals surface area contributed by atoms with E-state index in [1.165, 1.54) is 14.2 Å². The molecule has 6 atom stereocenters. The highest BCUT2D eigenvalue weighted by atomic mass is 16.5. The lowest BCUT2D eigenvalue weighted by atomic mass is 9.95. The van der Waals surface area contributed by atoms with Crippen molar-refractivity contribution in [3.63, 3.8) is 0 Å². The number of hydrogen-bond acceptors (Lipinski definition) is 8. The first-order valence-electron chi connectivity index (χ1n) is 20.1. The summed E-state index contributed by atoms with van der Waals surface area (Å²) < 4.78 is 9.56. The Morgan fingerprint density at radius 3 is 1.78 bits per heavy atom. The van der Waals surface area contributed by atoms with Crippen LogP contribution in [0.3, 0.4) is 0 Å². The molecule has 2 aliphatic heterocycles. The van der Waals surface area contributed by atoms with Crippen LogP contribution in [0.1, 0.15) is 94.7 Å². The maximum atomic E-state index is 13.9. The zero-order valence-corrected chi connectivity index (χ0v) is 33.9. The normalized spacial score (nSPS) is 20.8. The number of aromatic amines is 2. The lowest BCUT2D eigenvalue weighted by Gasteiger charge is -2.37. The molecule has 14 nitrogen and oxygen atoms in total. The Morgan fingerprint density at radius 1 is 0.724 bits per heavy atom. The molecule has 1 aliphatic carbocycles. The van der Waals surface area contributed by atoms with Gasteiger partial charge in [0.1, 0.15) is 23.7 Å². The summed E-state index contributed by atoms with van der Waals surface area (Å²) in [5.74, 6) is 7.85. The van der Waals surface area contributed by atoms with Crippen LogP contribution in [-0.2, 0) is 19.1 Å². The van der Waals surface area contributed by atoms with Crippen molar-refractivity contribution in [2.75, 3.05) is 20.8 Å². The summed E-state index contributed by atoms with van der Waals surface area (Å²) in [6, 6.07) is 14.3. The molecule has 304 valence electrons. The number of imidazole rings is 2. The lowest BCUT2D eigenvalue weighted by Crippen LogP contribution is -2.54. The Kier molecular flexibility index (Phi) is 11.9. The van der Waals surface area contributed by atoms with Crippen molar-refractivity contribution in [3.05, 3.63) is 83.7 Å². The van der Waals surface area contributed by atoms with Gasteiger partial charge in [-0.15, -0.1) is 0 Å². The lowest BCUT2D eigenvalue weighted by molar-refractivity contribution is -0.139. The molecule has 3 fully saturated rings. The van der Waals surface area contributed by atoms with Gasteiger partial charge in [0.05, 0.1) is 50.1 Å². The number of hydrogen-bond donors (Lipinski definition) is 4. The zero-order valence-electron chi connectivity index (χ0n) is 33.9. The molecule has 4 aromatic rings. The van der Waals surface area contributed by atoms with Gasteiger partial charge in [0.25, 0.3) is 0 Å². The standard InChI is InChI=1S/C44H52N8O6/c1-25(2)36(49-43(55)57-5)41(53)51-21-7-8-35(51)39-45-23-33(47-39)29-15-11-27(12-16-29)9-10-28-13-17-30(18-14-28)34-24-46-40(48-34)38-31-19-20-32(22-31)52(38)42(54)37(26(3)4)50-44(56)58-6/h11-18,23-26,31-32,35-38H,7-8,19-22H2,1-6H3,(H,45,47)(H,46,48)(H,49,55)(H,50,56)/t31-,32+,35-,36-,37-,38-/m0/s1. The second-order valence-electron chi connectivity index (χ2n) is 16.1. The fourth-order valence-corrected chi connectivity index (χ4v) is 8.61. The molecule has 2 aromatic heterocycles. The number of rotatable bonds is 10. The van der Waals surface area contributed by atoms with Crippen molar-refractivity contribution in [1.29, 1.82) is 0 Å². The fourth-order valence-electron chi connectivity index (χ4n) is 8.61. The number of carbonyl (C=O) groups excluding carboxylic acids is 4. The predicted octanol–water partition coefficient (Wildman–Crippen LogP) is 6.34.